The summed E-state index contributed by atoms with van der Waals surface area (Å²) in [5, 5.41) is 8.01. The van der Waals surface area contributed by atoms with E-state index in [0.717, 1.165) is 32.2 Å². The fraction of sp³-hybridized carbons (Fsp3) is 0.800. The molecule has 4 nitrogen and oxygen atoms in total. The Hall–Kier alpha value is -0.870. The van der Waals surface area contributed by atoms with Crippen LogP contribution in [0.15, 0.2) is 6.07 Å². The molecule has 19 heavy (non-hydrogen) atoms. The topological polar surface area (TPSA) is 39.1 Å². The second-order valence-electron chi connectivity index (χ2n) is 4.96. The van der Waals surface area contributed by atoms with Crippen LogP contribution in [0.25, 0.3) is 0 Å². The number of likely N-dealkylation sites (N-methyl/N-ethyl adjacent to an activating group) is 1. The molecule has 110 valence electrons. The van der Waals surface area contributed by atoms with Crippen LogP contribution in [0.2, 0.25) is 0 Å². The van der Waals surface area contributed by atoms with E-state index in [4.69, 9.17) is 4.74 Å². The lowest BCUT2D eigenvalue weighted by molar-refractivity contribution is 0.0627. The Labute approximate surface area is 117 Å². The SMILES string of the molecule is CCCC(OC)C(Cc1cc(CC)nn1CC)NC. The maximum atomic E-state index is 5.63. The molecule has 0 saturated carbocycles. The van der Waals surface area contributed by atoms with E-state index in [-0.39, 0.29) is 6.10 Å². The molecule has 2 unspecified atom stereocenters. The maximum absolute atomic E-state index is 5.63. The zero-order valence-electron chi connectivity index (χ0n) is 13.1. The van der Waals surface area contributed by atoms with E-state index in [9.17, 15) is 0 Å². The first kappa shape index (κ1) is 16.2. The zero-order valence-corrected chi connectivity index (χ0v) is 13.1. The lowest BCUT2D eigenvalue weighted by Gasteiger charge is -2.25. The molecule has 1 aromatic rings. The van der Waals surface area contributed by atoms with Gasteiger partial charge < -0.3 is 10.1 Å². The molecule has 0 radical (unpaired) electrons. The van der Waals surface area contributed by atoms with E-state index in [2.05, 4.69) is 41.9 Å². The summed E-state index contributed by atoms with van der Waals surface area (Å²) in [5.41, 5.74) is 2.48. The van der Waals surface area contributed by atoms with Gasteiger partial charge in [0.25, 0.3) is 0 Å². The largest absolute Gasteiger partial charge is 0.380 e. The van der Waals surface area contributed by atoms with E-state index in [0.29, 0.717) is 6.04 Å². The fourth-order valence-electron chi connectivity index (χ4n) is 2.54. The average molecular weight is 267 g/mol. The highest BCUT2D eigenvalue weighted by molar-refractivity contribution is 5.12. The molecule has 0 bridgehead atoms. The number of aryl methyl sites for hydroxylation is 2. The summed E-state index contributed by atoms with van der Waals surface area (Å²) in [6.07, 6.45) is 4.45. The first-order valence-corrected chi connectivity index (χ1v) is 7.45. The van der Waals surface area contributed by atoms with Crippen molar-refractivity contribution in [2.45, 2.75) is 65.1 Å². The lowest BCUT2D eigenvalue weighted by Crippen LogP contribution is -2.41. The molecule has 4 heteroatoms. The highest BCUT2D eigenvalue weighted by Gasteiger charge is 2.21. The third-order valence-electron chi connectivity index (χ3n) is 3.70. The van der Waals surface area contributed by atoms with Crippen LogP contribution in [-0.4, -0.2) is 36.1 Å². The van der Waals surface area contributed by atoms with Crippen molar-refractivity contribution in [1.29, 1.82) is 0 Å². The summed E-state index contributed by atoms with van der Waals surface area (Å²) in [7, 11) is 3.82. The second kappa shape index (κ2) is 8.33. The smallest absolute Gasteiger partial charge is 0.0727 e. The molecule has 1 aromatic heterocycles. The summed E-state index contributed by atoms with van der Waals surface area (Å²) in [4.78, 5) is 0. The van der Waals surface area contributed by atoms with Crippen LogP contribution in [0.1, 0.15) is 45.0 Å². The first-order chi connectivity index (χ1) is 9.19. The van der Waals surface area contributed by atoms with Crippen molar-refractivity contribution in [3.05, 3.63) is 17.5 Å². The van der Waals surface area contributed by atoms with Gasteiger partial charge in [0.05, 0.1) is 11.8 Å². The number of nitrogens with zero attached hydrogens (tertiary/aromatic N) is 2. The molecule has 0 fully saturated rings. The fourth-order valence-corrected chi connectivity index (χ4v) is 2.54. The zero-order chi connectivity index (χ0) is 14.3. The normalized spacial score (nSPS) is 14.6. The molecule has 0 aliphatic heterocycles. The van der Waals surface area contributed by atoms with Gasteiger partial charge in [-0.2, -0.15) is 5.10 Å². The van der Waals surface area contributed by atoms with Crippen LogP contribution < -0.4 is 5.32 Å². The van der Waals surface area contributed by atoms with Crippen LogP contribution >= 0.6 is 0 Å². The van der Waals surface area contributed by atoms with E-state index in [1.807, 2.05) is 7.05 Å². The van der Waals surface area contributed by atoms with Crippen LogP contribution in [0.4, 0.5) is 0 Å². The number of hydrogen-bond acceptors (Lipinski definition) is 3. The van der Waals surface area contributed by atoms with Gasteiger partial charge in [0.2, 0.25) is 0 Å². The highest BCUT2D eigenvalue weighted by atomic mass is 16.5. The van der Waals surface area contributed by atoms with Crippen LogP contribution in [0.3, 0.4) is 0 Å². The minimum absolute atomic E-state index is 0.264. The van der Waals surface area contributed by atoms with Gasteiger partial charge in [0, 0.05) is 31.8 Å². The lowest BCUT2D eigenvalue weighted by atomic mass is 10.0. The molecular formula is C15H29N3O. The van der Waals surface area contributed by atoms with Crippen molar-refractivity contribution >= 4 is 0 Å². The summed E-state index contributed by atoms with van der Waals surface area (Å²) < 4.78 is 7.74. The molecule has 0 aliphatic rings. The van der Waals surface area contributed by atoms with Gasteiger partial charge in [-0.25, -0.2) is 0 Å². The number of methoxy groups -OCH3 is 1. The van der Waals surface area contributed by atoms with Crippen LogP contribution in [0, 0.1) is 0 Å². The predicted octanol–water partition coefficient (Wildman–Crippen LogP) is 2.41. The minimum atomic E-state index is 0.264. The van der Waals surface area contributed by atoms with Crippen molar-refractivity contribution in [2.24, 2.45) is 0 Å². The van der Waals surface area contributed by atoms with Crippen LogP contribution in [-0.2, 0) is 24.1 Å². The second-order valence-corrected chi connectivity index (χ2v) is 4.96. The van der Waals surface area contributed by atoms with Crippen LogP contribution in [0.5, 0.6) is 0 Å². The number of hydrogen-bond donors (Lipinski definition) is 1. The van der Waals surface area contributed by atoms with Crippen molar-refractivity contribution in [3.8, 4) is 0 Å². The van der Waals surface area contributed by atoms with E-state index >= 15 is 0 Å². The summed E-state index contributed by atoms with van der Waals surface area (Å²) in [6, 6.07) is 2.57. The van der Waals surface area contributed by atoms with Gasteiger partial charge in [-0.1, -0.05) is 20.3 Å². The Kier molecular flexibility index (Phi) is 7.10. The summed E-state index contributed by atoms with van der Waals surface area (Å²) in [5.74, 6) is 0. The Balaban J connectivity index is 2.81. The maximum Gasteiger partial charge on any atom is 0.0727 e. The van der Waals surface area contributed by atoms with Crippen molar-refractivity contribution in [3.63, 3.8) is 0 Å². The summed E-state index contributed by atoms with van der Waals surface area (Å²) in [6.45, 7) is 7.42. The third-order valence-corrected chi connectivity index (χ3v) is 3.70. The molecule has 1 rings (SSSR count). The molecule has 0 spiro atoms. The van der Waals surface area contributed by atoms with Gasteiger partial charge in [0.15, 0.2) is 0 Å². The first-order valence-electron chi connectivity index (χ1n) is 7.45. The standard InChI is InChI=1S/C15H29N3O/c1-6-9-15(19-5)14(16-4)11-13-10-12(7-2)17-18(13)8-3/h10,14-16H,6-9,11H2,1-5H3. The molecular weight excluding hydrogens is 238 g/mol. The molecule has 1 heterocycles. The monoisotopic (exact) mass is 267 g/mol. The van der Waals surface area contributed by atoms with E-state index in [1.165, 1.54) is 11.4 Å². The van der Waals surface area contributed by atoms with E-state index in [1.54, 1.807) is 7.11 Å². The van der Waals surface area contributed by atoms with Gasteiger partial charge in [-0.05, 0) is 32.9 Å². The molecule has 2 atom stereocenters. The van der Waals surface area contributed by atoms with Crippen molar-refractivity contribution < 1.29 is 4.74 Å². The van der Waals surface area contributed by atoms with Gasteiger partial charge in [0.1, 0.15) is 0 Å². The van der Waals surface area contributed by atoms with E-state index < -0.39 is 0 Å². The Morgan fingerprint density at radius 1 is 1.37 bits per heavy atom. The van der Waals surface area contributed by atoms with Gasteiger partial charge >= 0.3 is 0 Å². The Morgan fingerprint density at radius 2 is 2.11 bits per heavy atom. The van der Waals surface area contributed by atoms with Gasteiger partial charge in [-0.15, -0.1) is 0 Å². The average Bonchev–Trinajstić information content (AvgIpc) is 2.84. The molecule has 1 N–H and O–H groups in total. The molecule has 0 aliphatic carbocycles. The number of rotatable bonds is 9. The van der Waals surface area contributed by atoms with Crippen molar-refractivity contribution in [1.82, 2.24) is 15.1 Å². The molecule has 0 amide bonds. The molecule has 0 saturated heterocycles. The highest BCUT2D eigenvalue weighted by Crippen LogP contribution is 2.14. The van der Waals surface area contributed by atoms with Gasteiger partial charge in [-0.3, -0.25) is 4.68 Å². The number of nitrogens with one attached hydrogen (secondary N) is 1. The Morgan fingerprint density at radius 3 is 2.58 bits per heavy atom. The van der Waals surface area contributed by atoms with Crippen molar-refractivity contribution in [2.75, 3.05) is 14.2 Å². The quantitative estimate of drug-likeness (QED) is 0.747. The summed E-state index contributed by atoms with van der Waals surface area (Å²) >= 11 is 0. The minimum Gasteiger partial charge on any atom is -0.380 e. The Bertz CT molecular complexity index is 362. The molecule has 0 aromatic carbocycles. The predicted molar refractivity (Wildman–Crippen MR) is 79.5 cm³/mol. The number of ether oxygens (including phenoxy) is 1. The third kappa shape index (κ3) is 4.32. The number of aromatic nitrogens is 2.